The summed E-state index contributed by atoms with van der Waals surface area (Å²) in [5.74, 6) is 0.755. The number of nitrogens with zero attached hydrogens (tertiary/aromatic N) is 1. The summed E-state index contributed by atoms with van der Waals surface area (Å²) < 4.78 is 5.95. The number of ether oxygens (including phenoxy) is 1. The molecule has 1 aromatic heterocycles. The molecule has 1 aliphatic rings. The Kier molecular flexibility index (Phi) is 6.77. The number of hydrogen-bond donors (Lipinski definition) is 1. The van der Waals surface area contributed by atoms with Gasteiger partial charge in [0.2, 0.25) is 5.91 Å². The summed E-state index contributed by atoms with van der Waals surface area (Å²) in [6, 6.07) is 15.4. The van der Waals surface area contributed by atoms with E-state index in [1.807, 2.05) is 48.5 Å². The van der Waals surface area contributed by atoms with Crippen molar-refractivity contribution in [1.29, 1.82) is 0 Å². The van der Waals surface area contributed by atoms with Gasteiger partial charge in [-0.3, -0.25) is 9.78 Å². The van der Waals surface area contributed by atoms with Gasteiger partial charge in [-0.15, -0.1) is 0 Å². The third-order valence-corrected chi connectivity index (χ3v) is 6.60. The number of carbonyl (C=O) groups excluding carboxylic acids is 1. The molecule has 5 heteroatoms. The summed E-state index contributed by atoms with van der Waals surface area (Å²) >= 11 is 6.56. The first-order valence-corrected chi connectivity index (χ1v) is 11.6. The molecule has 1 amide bonds. The zero-order valence-corrected chi connectivity index (χ0v) is 18.8. The Morgan fingerprint density at radius 1 is 1.10 bits per heavy atom. The van der Waals surface area contributed by atoms with Gasteiger partial charge < -0.3 is 10.1 Å². The van der Waals surface area contributed by atoms with Crippen LogP contribution >= 0.6 is 11.6 Å². The van der Waals surface area contributed by atoms with Crippen LogP contribution in [0.4, 0.5) is 5.69 Å². The van der Waals surface area contributed by atoms with Crippen LogP contribution in [0.1, 0.15) is 57.4 Å². The van der Waals surface area contributed by atoms with Crippen molar-refractivity contribution < 1.29 is 9.53 Å². The Morgan fingerprint density at radius 2 is 1.90 bits per heavy atom. The lowest BCUT2D eigenvalue weighted by atomic mass is 9.68. The topological polar surface area (TPSA) is 51.2 Å². The number of unbranched alkanes of at least 4 members (excludes halogenated alkanes) is 1. The van der Waals surface area contributed by atoms with Gasteiger partial charge in [-0.1, -0.05) is 62.4 Å². The number of nitrogens with one attached hydrogen (secondary N) is 1. The van der Waals surface area contributed by atoms with Gasteiger partial charge in [-0.2, -0.15) is 0 Å². The van der Waals surface area contributed by atoms with E-state index in [1.54, 1.807) is 6.20 Å². The molecule has 1 fully saturated rings. The molecule has 1 heterocycles. The fourth-order valence-electron chi connectivity index (χ4n) is 4.56. The van der Waals surface area contributed by atoms with E-state index in [-0.39, 0.29) is 5.91 Å². The lowest BCUT2D eigenvalue weighted by Gasteiger charge is -2.37. The Balaban J connectivity index is 1.68. The van der Waals surface area contributed by atoms with Crippen molar-refractivity contribution in [2.24, 2.45) is 0 Å². The molecule has 162 valence electrons. The van der Waals surface area contributed by atoms with Crippen LogP contribution in [0.3, 0.4) is 0 Å². The average Bonchev–Trinajstić information content (AvgIpc) is 2.81. The molecule has 2 aromatic carbocycles. The largest absolute Gasteiger partial charge is 0.491 e. The second-order valence-corrected chi connectivity index (χ2v) is 8.70. The first kappa shape index (κ1) is 21.6. The van der Waals surface area contributed by atoms with Crippen molar-refractivity contribution in [3.8, 4) is 5.75 Å². The van der Waals surface area contributed by atoms with E-state index in [2.05, 4.69) is 17.2 Å². The van der Waals surface area contributed by atoms with E-state index in [9.17, 15) is 4.79 Å². The molecule has 1 N–H and O–H groups in total. The van der Waals surface area contributed by atoms with Crippen LogP contribution in [0.2, 0.25) is 5.02 Å². The smallest absolute Gasteiger partial charge is 0.235 e. The number of amides is 1. The molecule has 0 bridgehead atoms. The molecular formula is C26H29ClN2O2. The van der Waals surface area contributed by atoms with E-state index in [0.29, 0.717) is 11.6 Å². The van der Waals surface area contributed by atoms with Crippen molar-refractivity contribution in [3.05, 3.63) is 65.3 Å². The molecule has 4 nitrogen and oxygen atoms in total. The van der Waals surface area contributed by atoms with Gasteiger partial charge in [0.15, 0.2) is 0 Å². The minimum Gasteiger partial charge on any atom is -0.491 e. The van der Waals surface area contributed by atoms with Crippen LogP contribution in [0.25, 0.3) is 10.9 Å². The Labute approximate surface area is 189 Å². The monoisotopic (exact) mass is 436 g/mol. The fourth-order valence-corrected chi connectivity index (χ4v) is 4.88. The molecule has 0 unspecified atom stereocenters. The number of carbonyl (C=O) groups is 1. The predicted octanol–water partition coefficient (Wildman–Crippen LogP) is 6.91. The highest BCUT2D eigenvalue weighted by Gasteiger charge is 2.42. The van der Waals surface area contributed by atoms with Crippen molar-refractivity contribution >= 4 is 34.1 Å². The molecule has 1 aliphatic carbocycles. The number of benzene rings is 2. The summed E-state index contributed by atoms with van der Waals surface area (Å²) in [4.78, 5) is 18.3. The van der Waals surface area contributed by atoms with E-state index in [0.717, 1.165) is 72.8 Å². The zero-order valence-electron chi connectivity index (χ0n) is 18.0. The Morgan fingerprint density at radius 3 is 2.68 bits per heavy atom. The average molecular weight is 437 g/mol. The highest BCUT2D eigenvalue weighted by molar-refractivity contribution is 6.32. The molecule has 0 aliphatic heterocycles. The van der Waals surface area contributed by atoms with Crippen LogP contribution in [0, 0.1) is 0 Å². The SMILES string of the molecule is CCCCOc1ccc(NC(=O)C2(c3ccccc3Cl)CCCCC2)c2cccnc12. The van der Waals surface area contributed by atoms with Gasteiger partial charge in [0.25, 0.3) is 0 Å². The number of rotatable bonds is 7. The standard InChI is InChI=1S/C26H29ClN2O2/c1-2-3-18-31-23-14-13-22(19-10-9-17-28-24(19)23)29-25(30)26(15-7-4-8-16-26)20-11-5-6-12-21(20)27/h5-6,9-14,17H,2-4,7-8,15-16,18H2,1H3,(H,29,30). The second kappa shape index (κ2) is 9.69. The van der Waals surface area contributed by atoms with Crippen molar-refractivity contribution in [1.82, 2.24) is 4.98 Å². The maximum atomic E-state index is 13.8. The lowest BCUT2D eigenvalue weighted by molar-refractivity contribution is -0.122. The maximum Gasteiger partial charge on any atom is 0.235 e. The van der Waals surface area contributed by atoms with Crippen LogP contribution in [0.15, 0.2) is 54.7 Å². The zero-order chi connectivity index (χ0) is 21.7. The third kappa shape index (κ3) is 4.40. The molecule has 4 rings (SSSR count). The number of pyridine rings is 1. The normalized spacial score (nSPS) is 15.5. The minimum absolute atomic E-state index is 0.00473. The molecule has 0 spiro atoms. The van der Waals surface area contributed by atoms with E-state index < -0.39 is 5.41 Å². The molecule has 0 radical (unpaired) electrons. The number of hydrogen-bond acceptors (Lipinski definition) is 3. The van der Waals surface area contributed by atoms with Gasteiger partial charge in [-0.05, 0) is 55.2 Å². The van der Waals surface area contributed by atoms with E-state index >= 15 is 0 Å². The van der Waals surface area contributed by atoms with Gasteiger partial charge in [0.1, 0.15) is 11.3 Å². The second-order valence-electron chi connectivity index (χ2n) is 8.29. The molecule has 3 aromatic rings. The van der Waals surface area contributed by atoms with Crippen molar-refractivity contribution in [3.63, 3.8) is 0 Å². The van der Waals surface area contributed by atoms with Gasteiger partial charge >= 0.3 is 0 Å². The highest BCUT2D eigenvalue weighted by Crippen LogP contribution is 2.43. The predicted molar refractivity (Wildman–Crippen MR) is 127 cm³/mol. The maximum absolute atomic E-state index is 13.8. The summed E-state index contributed by atoms with van der Waals surface area (Å²) in [5, 5.41) is 4.76. The molecule has 0 atom stereocenters. The van der Waals surface area contributed by atoms with Crippen LogP contribution in [-0.4, -0.2) is 17.5 Å². The first-order valence-electron chi connectivity index (χ1n) is 11.2. The van der Waals surface area contributed by atoms with E-state index in [4.69, 9.17) is 16.3 Å². The summed E-state index contributed by atoms with van der Waals surface area (Å²) in [6.45, 7) is 2.79. The fraction of sp³-hybridized carbons (Fsp3) is 0.385. The van der Waals surface area contributed by atoms with Crippen molar-refractivity contribution in [2.75, 3.05) is 11.9 Å². The van der Waals surface area contributed by atoms with Crippen molar-refractivity contribution in [2.45, 2.75) is 57.3 Å². The number of fused-ring (bicyclic) bond motifs is 1. The van der Waals surface area contributed by atoms with Crippen LogP contribution in [0.5, 0.6) is 5.75 Å². The minimum atomic E-state index is -0.610. The first-order chi connectivity index (χ1) is 15.2. The van der Waals surface area contributed by atoms with E-state index in [1.165, 1.54) is 0 Å². The Hall–Kier alpha value is -2.59. The molecule has 1 saturated carbocycles. The van der Waals surface area contributed by atoms with Gasteiger partial charge in [-0.25, -0.2) is 0 Å². The lowest BCUT2D eigenvalue weighted by Crippen LogP contribution is -2.42. The number of anilines is 1. The molecule has 31 heavy (non-hydrogen) atoms. The Bertz CT molecular complexity index is 1060. The van der Waals surface area contributed by atoms with Gasteiger partial charge in [0.05, 0.1) is 17.7 Å². The number of halogens is 1. The number of aromatic nitrogens is 1. The summed E-state index contributed by atoms with van der Waals surface area (Å²) in [7, 11) is 0. The molecular weight excluding hydrogens is 408 g/mol. The highest BCUT2D eigenvalue weighted by atomic mass is 35.5. The molecule has 0 saturated heterocycles. The summed E-state index contributed by atoms with van der Waals surface area (Å²) in [6.07, 6.45) is 8.62. The quantitative estimate of drug-likeness (QED) is 0.409. The van der Waals surface area contributed by atoms with Gasteiger partial charge in [0, 0.05) is 16.6 Å². The summed E-state index contributed by atoms with van der Waals surface area (Å²) in [5.41, 5.74) is 1.84. The van der Waals surface area contributed by atoms with Crippen LogP contribution in [-0.2, 0) is 10.2 Å². The van der Waals surface area contributed by atoms with Crippen LogP contribution < -0.4 is 10.1 Å². The third-order valence-electron chi connectivity index (χ3n) is 6.27.